The van der Waals surface area contributed by atoms with E-state index in [1.807, 2.05) is 24.3 Å². The Balaban J connectivity index is 2.05. The molecule has 6 nitrogen and oxygen atoms in total. The van der Waals surface area contributed by atoms with Crippen molar-refractivity contribution in [3.8, 4) is 5.88 Å². The van der Waals surface area contributed by atoms with E-state index in [2.05, 4.69) is 19.9 Å². The van der Waals surface area contributed by atoms with Crippen molar-refractivity contribution in [2.45, 2.75) is 6.04 Å². The number of nitrogens with zero attached hydrogens (tertiary/aromatic N) is 4. The van der Waals surface area contributed by atoms with Gasteiger partial charge in [0, 0.05) is 12.4 Å². The maximum Gasteiger partial charge on any atom is 0.237 e. The van der Waals surface area contributed by atoms with E-state index in [1.54, 1.807) is 18.6 Å². The van der Waals surface area contributed by atoms with Gasteiger partial charge in [-0.25, -0.2) is 9.97 Å². The number of nitrogens with two attached hydrogens (primary N) is 1. The molecular weight excluding hydrogens is 254 g/mol. The average molecular weight is 267 g/mol. The van der Waals surface area contributed by atoms with Crippen LogP contribution in [0.25, 0.3) is 11.0 Å². The Morgan fingerprint density at radius 1 is 1.05 bits per heavy atom. The van der Waals surface area contributed by atoms with Gasteiger partial charge in [0.15, 0.2) is 0 Å². The molecule has 1 atom stereocenters. The van der Waals surface area contributed by atoms with Crippen LogP contribution >= 0.6 is 0 Å². The van der Waals surface area contributed by atoms with E-state index >= 15 is 0 Å². The highest BCUT2D eigenvalue weighted by molar-refractivity contribution is 5.73. The minimum atomic E-state index is -0.532. The number of fused-ring (bicyclic) bond motifs is 1. The van der Waals surface area contributed by atoms with Gasteiger partial charge in [0.1, 0.15) is 5.69 Å². The first-order valence-corrected chi connectivity index (χ1v) is 6.12. The van der Waals surface area contributed by atoms with Crippen molar-refractivity contribution in [2.24, 2.45) is 5.73 Å². The van der Waals surface area contributed by atoms with Gasteiger partial charge < -0.3 is 10.5 Å². The van der Waals surface area contributed by atoms with E-state index in [0.717, 1.165) is 11.0 Å². The monoisotopic (exact) mass is 267 g/mol. The summed E-state index contributed by atoms with van der Waals surface area (Å²) in [5, 5.41) is 0. The summed E-state index contributed by atoms with van der Waals surface area (Å²) in [4.78, 5) is 17.2. The number of benzene rings is 1. The van der Waals surface area contributed by atoms with Gasteiger partial charge in [-0.2, -0.15) is 0 Å². The second-order valence-corrected chi connectivity index (χ2v) is 4.21. The molecule has 2 heterocycles. The van der Waals surface area contributed by atoms with Gasteiger partial charge >= 0.3 is 0 Å². The molecule has 100 valence electrons. The van der Waals surface area contributed by atoms with Crippen LogP contribution in [0, 0.1) is 0 Å². The predicted octanol–water partition coefficient (Wildman–Crippen LogP) is 1.48. The Kier molecular flexibility index (Phi) is 3.22. The standard InChI is InChI=1S/C14H13N5O/c1-20-14-13(16-6-7-17-14)12(15)11-8-18-9-4-2-3-5-10(9)19-11/h2-8,12H,15H2,1H3. The summed E-state index contributed by atoms with van der Waals surface area (Å²) >= 11 is 0. The molecule has 3 rings (SSSR count). The zero-order valence-corrected chi connectivity index (χ0v) is 10.9. The van der Waals surface area contributed by atoms with Gasteiger partial charge in [-0.1, -0.05) is 12.1 Å². The molecule has 0 aliphatic carbocycles. The van der Waals surface area contributed by atoms with Crippen molar-refractivity contribution in [1.82, 2.24) is 19.9 Å². The van der Waals surface area contributed by atoms with Gasteiger partial charge in [0.25, 0.3) is 0 Å². The summed E-state index contributed by atoms with van der Waals surface area (Å²) in [6.07, 6.45) is 4.79. The minimum absolute atomic E-state index is 0.398. The lowest BCUT2D eigenvalue weighted by molar-refractivity contribution is 0.386. The fourth-order valence-electron chi connectivity index (χ4n) is 1.97. The van der Waals surface area contributed by atoms with Crippen molar-refractivity contribution in [3.05, 3.63) is 54.2 Å². The van der Waals surface area contributed by atoms with Crippen molar-refractivity contribution in [2.75, 3.05) is 7.11 Å². The smallest absolute Gasteiger partial charge is 0.237 e. The summed E-state index contributed by atoms with van der Waals surface area (Å²) in [6.45, 7) is 0. The molecule has 0 amide bonds. The van der Waals surface area contributed by atoms with Crippen molar-refractivity contribution in [1.29, 1.82) is 0 Å². The van der Waals surface area contributed by atoms with Gasteiger partial charge in [-0.3, -0.25) is 9.97 Å². The van der Waals surface area contributed by atoms with E-state index < -0.39 is 6.04 Å². The Hall–Kier alpha value is -2.60. The van der Waals surface area contributed by atoms with Crippen LogP contribution in [0.4, 0.5) is 0 Å². The third-order valence-corrected chi connectivity index (χ3v) is 2.96. The Morgan fingerprint density at radius 3 is 2.60 bits per heavy atom. The lowest BCUT2D eigenvalue weighted by Crippen LogP contribution is -2.17. The van der Waals surface area contributed by atoms with Gasteiger partial charge in [0.2, 0.25) is 5.88 Å². The third kappa shape index (κ3) is 2.17. The molecule has 0 bridgehead atoms. The van der Waals surface area contributed by atoms with E-state index in [-0.39, 0.29) is 0 Å². The summed E-state index contributed by atoms with van der Waals surface area (Å²) in [5.41, 5.74) is 8.99. The fraction of sp³-hybridized carbons (Fsp3) is 0.143. The first-order chi connectivity index (χ1) is 9.79. The largest absolute Gasteiger partial charge is 0.480 e. The minimum Gasteiger partial charge on any atom is -0.480 e. The molecule has 1 aromatic carbocycles. The molecule has 0 fully saturated rings. The molecule has 20 heavy (non-hydrogen) atoms. The maximum atomic E-state index is 6.20. The zero-order valence-electron chi connectivity index (χ0n) is 10.9. The fourth-order valence-corrected chi connectivity index (χ4v) is 1.97. The third-order valence-electron chi connectivity index (χ3n) is 2.96. The van der Waals surface area contributed by atoms with Gasteiger partial charge in [-0.15, -0.1) is 0 Å². The number of rotatable bonds is 3. The van der Waals surface area contributed by atoms with E-state index in [1.165, 1.54) is 7.11 Å². The second kappa shape index (κ2) is 5.18. The highest BCUT2D eigenvalue weighted by Crippen LogP contribution is 2.23. The molecule has 2 aromatic heterocycles. The number of aromatic nitrogens is 4. The molecule has 0 aliphatic rings. The summed E-state index contributed by atoms with van der Waals surface area (Å²) in [7, 11) is 1.53. The number of hydrogen-bond donors (Lipinski definition) is 1. The van der Waals surface area contributed by atoms with Crippen molar-refractivity contribution >= 4 is 11.0 Å². The Morgan fingerprint density at radius 2 is 1.80 bits per heavy atom. The Labute approximate surface area is 115 Å². The molecule has 6 heteroatoms. The molecule has 0 spiro atoms. The van der Waals surface area contributed by atoms with Crippen LogP contribution in [-0.2, 0) is 0 Å². The highest BCUT2D eigenvalue weighted by atomic mass is 16.5. The Bertz CT molecular complexity index is 746. The lowest BCUT2D eigenvalue weighted by atomic mass is 10.1. The first-order valence-electron chi connectivity index (χ1n) is 6.12. The van der Waals surface area contributed by atoms with E-state index in [9.17, 15) is 0 Å². The van der Waals surface area contributed by atoms with Crippen LogP contribution in [0.5, 0.6) is 5.88 Å². The quantitative estimate of drug-likeness (QED) is 0.773. The number of methoxy groups -OCH3 is 1. The molecule has 0 saturated heterocycles. The van der Waals surface area contributed by atoms with Crippen LogP contribution in [0.15, 0.2) is 42.9 Å². The SMILES string of the molecule is COc1nccnc1C(N)c1cnc2ccccc2n1. The zero-order chi connectivity index (χ0) is 13.9. The lowest BCUT2D eigenvalue weighted by Gasteiger charge is -2.13. The summed E-state index contributed by atoms with van der Waals surface area (Å²) in [6, 6.07) is 7.10. The highest BCUT2D eigenvalue weighted by Gasteiger charge is 2.18. The van der Waals surface area contributed by atoms with Crippen molar-refractivity contribution < 1.29 is 4.74 Å². The number of ether oxygens (including phenoxy) is 1. The molecule has 2 N–H and O–H groups in total. The van der Waals surface area contributed by atoms with Crippen LogP contribution in [-0.4, -0.2) is 27.0 Å². The summed E-state index contributed by atoms with van der Waals surface area (Å²) < 4.78 is 5.17. The summed E-state index contributed by atoms with van der Waals surface area (Å²) in [5.74, 6) is 0.398. The molecule has 1 unspecified atom stereocenters. The molecule has 0 radical (unpaired) electrons. The van der Waals surface area contributed by atoms with Gasteiger partial charge in [0.05, 0.1) is 36.1 Å². The maximum absolute atomic E-state index is 6.20. The van der Waals surface area contributed by atoms with Crippen LogP contribution in [0.1, 0.15) is 17.4 Å². The second-order valence-electron chi connectivity index (χ2n) is 4.21. The van der Waals surface area contributed by atoms with Gasteiger partial charge in [-0.05, 0) is 12.1 Å². The topological polar surface area (TPSA) is 86.8 Å². The number of para-hydroxylation sites is 2. The first kappa shape index (κ1) is 12.4. The molecule has 0 aliphatic heterocycles. The van der Waals surface area contributed by atoms with Crippen LogP contribution in [0.3, 0.4) is 0 Å². The van der Waals surface area contributed by atoms with Crippen LogP contribution in [0.2, 0.25) is 0 Å². The molecule has 3 aromatic rings. The molecular formula is C14H13N5O. The average Bonchev–Trinajstić information content (AvgIpc) is 2.53. The predicted molar refractivity (Wildman–Crippen MR) is 74.2 cm³/mol. The number of hydrogen-bond acceptors (Lipinski definition) is 6. The normalized spacial score (nSPS) is 12.3. The van der Waals surface area contributed by atoms with E-state index in [4.69, 9.17) is 10.5 Å². The van der Waals surface area contributed by atoms with E-state index in [0.29, 0.717) is 17.3 Å². The molecule has 0 saturated carbocycles. The van der Waals surface area contributed by atoms with Crippen molar-refractivity contribution in [3.63, 3.8) is 0 Å². The van der Waals surface area contributed by atoms with Crippen LogP contribution < -0.4 is 10.5 Å².